The minimum Gasteiger partial charge on any atom is -0.455 e. The standard InChI is InChI=1S/C57H34N4O.C42H34BNO2.C21H12ClN3O/c1-3-15-35(16-4-1)55-58-56(60-57(59-55)47-26-14-24-45-42-22-10-12-28-52(42)62-54(45)47)46-25-13-23-43-39-19-7-8-20-40(39)48-33-36(29-31-44(48)53(43)46)37-30-32-51-49(34-37)41-21-9-11-27-50(41)61(51)38-17-5-2-6-18-38;1-41(2)42(3,4)46-43(45-41)37-19-12-18-33-30-15-8-9-16-31(30)35-25-27(21-23-34(35)40(33)37)28-22-24-39-36(26-28)32-17-10-11-20-38(32)44(39)29-13-6-5-7-14-29;22-21-24-19(13-7-2-1-3-8-13)23-20(25-21)16-11-6-10-15-14-9-4-5-12-17(14)26-18(15)16/h1-34H;5-26H,1-4H3;1-12H. The van der Waals surface area contributed by atoms with Gasteiger partial charge in [-0.3, -0.25) is 0 Å². The van der Waals surface area contributed by atoms with E-state index in [-0.39, 0.29) is 5.28 Å². The van der Waals surface area contributed by atoms with E-state index in [1.165, 1.54) is 114 Å². The Morgan fingerprint density at radius 3 is 1.02 bits per heavy atom. The Balaban J connectivity index is 0.000000117. The third kappa shape index (κ3) is 13.4. The van der Waals surface area contributed by atoms with Crippen molar-refractivity contribution in [1.29, 1.82) is 0 Å². The van der Waals surface area contributed by atoms with Crippen LogP contribution in [0.15, 0.2) is 421 Å². The van der Waals surface area contributed by atoms with Crippen LogP contribution in [0.25, 0.3) is 243 Å². The summed E-state index contributed by atoms with van der Waals surface area (Å²) in [6.45, 7) is 8.47. The van der Waals surface area contributed by atoms with Gasteiger partial charge in [-0.15, -0.1) is 0 Å². The van der Waals surface area contributed by atoms with Crippen LogP contribution in [0.4, 0.5) is 0 Å². The fourth-order valence-corrected chi connectivity index (χ4v) is 20.3. The van der Waals surface area contributed by atoms with Gasteiger partial charge < -0.3 is 27.3 Å². The lowest BCUT2D eigenvalue weighted by Gasteiger charge is -2.32. The van der Waals surface area contributed by atoms with Gasteiger partial charge in [0.1, 0.15) is 22.3 Å². The molecule has 134 heavy (non-hydrogen) atoms. The Bertz CT molecular complexity index is 9240. The minimum atomic E-state index is -0.443. The predicted octanol–water partition coefficient (Wildman–Crippen LogP) is 31.0. The number of furan rings is 2. The zero-order chi connectivity index (χ0) is 89.4. The van der Waals surface area contributed by atoms with Crippen molar-refractivity contribution in [2.45, 2.75) is 38.9 Å². The van der Waals surface area contributed by atoms with E-state index in [2.05, 4.69) is 349 Å². The van der Waals surface area contributed by atoms with Gasteiger partial charge in [0.05, 0.1) is 44.4 Å². The Kier molecular flexibility index (Phi) is 19.0. The second kappa shape index (κ2) is 31.9. The second-order valence-corrected chi connectivity index (χ2v) is 35.7. The van der Waals surface area contributed by atoms with Gasteiger partial charge in [-0.1, -0.05) is 315 Å². The van der Waals surface area contributed by atoms with E-state index in [1.54, 1.807) is 0 Å². The van der Waals surface area contributed by atoms with Gasteiger partial charge in [0, 0.05) is 76.5 Å². The largest absolute Gasteiger partial charge is 0.495 e. The van der Waals surface area contributed by atoms with E-state index in [9.17, 15) is 0 Å². The van der Waals surface area contributed by atoms with Crippen LogP contribution in [0, 0.1) is 0 Å². The highest BCUT2D eigenvalue weighted by Crippen LogP contribution is 2.48. The summed E-state index contributed by atoms with van der Waals surface area (Å²) in [5.41, 5.74) is 19.6. The molecule has 0 saturated carbocycles. The van der Waals surface area contributed by atoms with Crippen molar-refractivity contribution in [3.63, 3.8) is 0 Å². The summed E-state index contributed by atoms with van der Waals surface area (Å²) in [5, 5.41) is 23.6. The molecule has 26 aromatic rings. The molecule has 1 saturated heterocycles. The lowest BCUT2D eigenvalue weighted by molar-refractivity contribution is 0.00578. The molecule has 0 aliphatic carbocycles. The lowest BCUT2D eigenvalue weighted by Crippen LogP contribution is -2.41. The molecular formula is C120H80BClN8O4. The topological polar surface area (TPSA) is 132 Å². The van der Waals surface area contributed by atoms with Crippen molar-refractivity contribution in [3.8, 4) is 90.6 Å². The first-order chi connectivity index (χ1) is 65.8. The monoisotopic (exact) mass is 1740 g/mol. The van der Waals surface area contributed by atoms with Crippen molar-refractivity contribution >= 4 is 176 Å². The van der Waals surface area contributed by atoms with Crippen LogP contribution in [0.5, 0.6) is 0 Å². The van der Waals surface area contributed by atoms with Crippen LogP contribution >= 0.6 is 11.6 Å². The normalized spacial score (nSPS) is 13.2. The van der Waals surface area contributed by atoms with E-state index in [4.69, 9.17) is 44.7 Å². The summed E-state index contributed by atoms with van der Waals surface area (Å²) < 4.78 is 30.5. The van der Waals surface area contributed by atoms with Crippen molar-refractivity contribution in [3.05, 3.63) is 418 Å². The number of hydrogen-bond acceptors (Lipinski definition) is 10. The molecule has 7 heterocycles. The molecule has 12 nitrogen and oxygen atoms in total. The molecule has 14 heteroatoms. The average Bonchev–Trinajstić information content (AvgIpc) is 1.30. The fraction of sp³-hybridized carbons (Fsp3) is 0.0500. The van der Waals surface area contributed by atoms with Crippen LogP contribution in [-0.2, 0) is 9.31 Å². The molecule has 20 aromatic carbocycles. The van der Waals surface area contributed by atoms with Crippen molar-refractivity contribution in [2.24, 2.45) is 0 Å². The number of rotatable bonds is 10. The van der Waals surface area contributed by atoms with E-state index in [0.717, 1.165) is 105 Å². The Labute approximate surface area is 775 Å². The Morgan fingerprint density at radius 2 is 0.545 bits per heavy atom. The van der Waals surface area contributed by atoms with Crippen molar-refractivity contribution < 1.29 is 18.1 Å². The van der Waals surface area contributed by atoms with Crippen LogP contribution in [0.2, 0.25) is 5.28 Å². The first kappa shape index (κ1) is 79.6. The van der Waals surface area contributed by atoms with Crippen LogP contribution in [0.3, 0.4) is 0 Å². The molecule has 0 radical (unpaired) electrons. The number of halogens is 1. The van der Waals surface area contributed by atoms with Gasteiger partial charge in [0.2, 0.25) is 5.28 Å². The second-order valence-electron chi connectivity index (χ2n) is 35.4. The molecule has 0 atom stereocenters. The van der Waals surface area contributed by atoms with Gasteiger partial charge in [0.15, 0.2) is 29.1 Å². The Morgan fingerprint density at radius 1 is 0.231 bits per heavy atom. The third-order valence-electron chi connectivity index (χ3n) is 27.1. The maximum absolute atomic E-state index is 6.60. The summed E-state index contributed by atoms with van der Waals surface area (Å²) in [7, 11) is -0.443. The van der Waals surface area contributed by atoms with Gasteiger partial charge in [0.25, 0.3) is 0 Å². The minimum absolute atomic E-state index is 0.155. The summed E-state index contributed by atoms with van der Waals surface area (Å²) in [4.78, 5) is 28.9. The summed E-state index contributed by atoms with van der Waals surface area (Å²) in [6, 6.07) is 145. The highest BCUT2D eigenvalue weighted by molar-refractivity contribution is 6.66. The molecule has 6 aromatic heterocycles. The number of nitrogens with zero attached hydrogens (tertiary/aromatic N) is 8. The molecule has 0 bridgehead atoms. The van der Waals surface area contributed by atoms with Crippen molar-refractivity contribution in [1.82, 2.24) is 39.0 Å². The van der Waals surface area contributed by atoms with E-state index >= 15 is 0 Å². The number of para-hydroxylation sites is 8. The zero-order valence-electron chi connectivity index (χ0n) is 73.4. The lowest BCUT2D eigenvalue weighted by atomic mass is 9.74. The molecule has 1 aliphatic rings. The van der Waals surface area contributed by atoms with Crippen molar-refractivity contribution in [2.75, 3.05) is 0 Å². The van der Waals surface area contributed by atoms with Crippen LogP contribution in [-0.4, -0.2) is 57.4 Å². The SMILES string of the molecule is CC1(C)OB(c2cccc3c4ccccc4c4cc(-c5ccc6c(c5)c5ccccc5n6-c5ccccc5)ccc4c23)OC1(C)C.Clc1nc(-c2ccccc2)nc(-c2cccc3c2oc2ccccc23)n1.c1ccc(-c2nc(-c3cccc4c3oc3ccccc34)nc(-c3cccc4c5ccccc5c5cc(-c6ccc7c(c6)c6ccccc6n7-c6ccccc6)ccc5c34)n2)cc1. The molecular weight excluding hydrogens is 1660 g/mol. The zero-order valence-corrected chi connectivity index (χ0v) is 74.2. The molecule has 1 fully saturated rings. The van der Waals surface area contributed by atoms with Gasteiger partial charge in [-0.05, 0) is 223 Å². The molecule has 0 unspecified atom stereocenters. The maximum Gasteiger partial charge on any atom is 0.495 e. The highest BCUT2D eigenvalue weighted by atomic mass is 35.5. The van der Waals surface area contributed by atoms with E-state index < -0.39 is 18.3 Å². The smallest absolute Gasteiger partial charge is 0.455 e. The first-order valence-corrected chi connectivity index (χ1v) is 45.6. The number of benzene rings is 20. The first-order valence-electron chi connectivity index (χ1n) is 45.2. The van der Waals surface area contributed by atoms with Gasteiger partial charge >= 0.3 is 7.12 Å². The fourth-order valence-electron chi connectivity index (χ4n) is 20.1. The molecule has 1 aliphatic heterocycles. The van der Waals surface area contributed by atoms with E-state index in [0.29, 0.717) is 29.1 Å². The number of aromatic nitrogens is 8. The average molecular weight is 1740 g/mol. The molecule has 27 rings (SSSR count). The summed E-state index contributed by atoms with van der Waals surface area (Å²) in [6.07, 6.45) is 0. The van der Waals surface area contributed by atoms with Crippen LogP contribution < -0.4 is 5.46 Å². The van der Waals surface area contributed by atoms with E-state index in [1.807, 2.05) is 115 Å². The third-order valence-corrected chi connectivity index (χ3v) is 27.3. The maximum atomic E-state index is 6.60. The van der Waals surface area contributed by atoms with Gasteiger partial charge in [-0.25, -0.2) is 19.9 Å². The van der Waals surface area contributed by atoms with Crippen LogP contribution in [0.1, 0.15) is 27.7 Å². The molecule has 0 N–H and O–H groups in total. The molecule has 0 spiro atoms. The van der Waals surface area contributed by atoms with Gasteiger partial charge in [-0.2, -0.15) is 9.97 Å². The summed E-state index contributed by atoms with van der Waals surface area (Å²) in [5.74, 6) is 2.80. The predicted molar refractivity (Wildman–Crippen MR) is 553 cm³/mol. The Hall–Kier alpha value is -16.5. The molecule has 0 amide bonds. The molecule has 634 valence electrons. The number of hydrogen-bond donors (Lipinski definition) is 0. The highest BCUT2D eigenvalue weighted by Gasteiger charge is 2.52. The summed E-state index contributed by atoms with van der Waals surface area (Å²) >= 11 is 6.19. The quantitative estimate of drug-likeness (QED) is 0.0963. The number of fused-ring (bicyclic) bond motifs is 24.